The zero-order valence-corrected chi connectivity index (χ0v) is 30.1. The molecule has 0 fully saturated rings. The summed E-state index contributed by atoms with van der Waals surface area (Å²) in [5.41, 5.74) is 0. The van der Waals surface area contributed by atoms with Crippen molar-refractivity contribution in [3.05, 3.63) is 0 Å². The smallest absolute Gasteiger partial charge is 0.362 e. The monoisotopic (exact) mass is 643 g/mol. The van der Waals surface area contributed by atoms with Crippen LogP contribution >= 0.6 is 0 Å². The van der Waals surface area contributed by atoms with E-state index < -0.39 is 18.1 Å². The molecular formula is C37H72NO7+. The Bertz CT molecular complexity index is 722. The van der Waals surface area contributed by atoms with Crippen LogP contribution in [0.4, 0.5) is 0 Å². The number of hydrogen-bond donors (Lipinski definition) is 1. The van der Waals surface area contributed by atoms with Crippen LogP contribution in [0.5, 0.6) is 0 Å². The fourth-order valence-electron chi connectivity index (χ4n) is 5.60. The molecule has 8 nitrogen and oxygen atoms in total. The van der Waals surface area contributed by atoms with Crippen LogP contribution in [0, 0.1) is 0 Å². The second-order valence-corrected chi connectivity index (χ2v) is 13.8. The predicted octanol–water partition coefficient (Wildman–Crippen LogP) is 9.02. The third-order valence-corrected chi connectivity index (χ3v) is 8.56. The summed E-state index contributed by atoms with van der Waals surface area (Å²) < 4.78 is 16.7. The van der Waals surface area contributed by atoms with Crippen LogP contribution in [-0.4, -0.2) is 80.6 Å². The van der Waals surface area contributed by atoms with Crippen molar-refractivity contribution in [2.24, 2.45) is 0 Å². The molecular weight excluding hydrogens is 570 g/mol. The summed E-state index contributed by atoms with van der Waals surface area (Å²) in [6, 6.07) is -0.604. The van der Waals surface area contributed by atoms with Gasteiger partial charge in [0.2, 0.25) is 0 Å². The molecule has 2 unspecified atom stereocenters. The van der Waals surface area contributed by atoms with Crippen LogP contribution in [0.2, 0.25) is 0 Å². The van der Waals surface area contributed by atoms with Crippen molar-refractivity contribution in [3.63, 3.8) is 0 Å². The lowest BCUT2D eigenvalue weighted by Gasteiger charge is -2.31. The zero-order chi connectivity index (χ0) is 33.6. The molecule has 0 saturated carbocycles. The van der Waals surface area contributed by atoms with Crippen LogP contribution in [-0.2, 0) is 28.6 Å². The topological polar surface area (TPSA) is 99.1 Å². The minimum Gasteiger partial charge on any atom is -0.477 e. The Morgan fingerprint density at radius 3 is 1.40 bits per heavy atom. The number of rotatable bonds is 33. The van der Waals surface area contributed by atoms with Gasteiger partial charge in [-0.15, -0.1) is 0 Å². The highest BCUT2D eigenvalue weighted by atomic mass is 16.6. The largest absolute Gasteiger partial charge is 0.477 e. The molecule has 2 atom stereocenters. The van der Waals surface area contributed by atoms with Gasteiger partial charge in [-0.3, -0.25) is 9.59 Å². The van der Waals surface area contributed by atoms with Gasteiger partial charge >= 0.3 is 17.9 Å². The van der Waals surface area contributed by atoms with Crippen LogP contribution < -0.4 is 0 Å². The molecule has 0 aromatic rings. The molecule has 0 heterocycles. The molecule has 45 heavy (non-hydrogen) atoms. The van der Waals surface area contributed by atoms with E-state index in [-0.39, 0.29) is 42.7 Å². The van der Waals surface area contributed by atoms with Gasteiger partial charge in [-0.1, -0.05) is 142 Å². The van der Waals surface area contributed by atoms with E-state index in [9.17, 15) is 19.5 Å². The number of carboxylic acids is 1. The minimum atomic E-state index is -0.879. The summed E-state index contributed by atoms with van der Waals surface area (Å²) in [5.74, 6) is -1.56. The van der Waals surface area contributed by atoms with Crippen molar-refractivity contribution in [1.82, 2.24) is 0 Å². The van der Waals surface area contributed by atoms with Crippen molar-refractivity contribution in [1.29, 1.82) is 0 Å². The second-order valence-electron chi connectivity index (χ2n) is 13.8. The van der Waals surface area contributed by atoms with Gasteiger partial charge in [-0.25, -0.2) is 4.79 Å². The lowest BCUT2D eigenvalue weighted by atomic mass is 10.0. The molecule has 0 aromatic heterocycles. The van der Waals surface area contributed by atoms with E-state index in [4.69, 9.17) is 14.2 Å². The third-order valence-electron chi connectivity index (χ3n) is 8.56. The van der Waals surface area contributed by atoms with Gasteiger partial charge < -0.3 is 23.8 Å². The lowest BCUT2D eigenvalue weighted by Crippen LogP contribution is -2.50. The van der Waals surface area contributed by atoms with Crippen molar-refractivity contribution < 1.29 is 38.2 Å². The highest BCUT2D eigenvalue weighted by Gasteiger charge is 2.31. The van der Waals surface area contributed by atoms with E-state index in [1.807, 2.05) is 21.1 Å². The van der Waals surface area contributed by atoms with E-state index in [1.165, 1.54) is 116 Å². The lowest BCUT2D eigenvalue weighted by molar-refractivity contribution is -0.887. The first kappa shape index (κ1) is 43.3. The Balaban J connectivity index is 3.83. The number of nitrogens with zero attached hydrogens (tertiary/aromatic N) is 1. The van der Waals surface area contributed by atoms with Gasteiger partial charge in [-0.05, 0) is 6.42 Å². The first-order valence-corrected chi connectivity index (χ1v) is 18.6. The number of carboxylic acid groups (broad SMARTS) is 1. The SMILES string of the molecule is CCCCCCCCCCCCCCCCCCCCCCCC(=O)OC(COCCC(C(=O)O)[N+](C)(C)C)COC(=O)CC. The van der Waals surface area contributed by atoms with Crippen molar-refractivity contribution in [2.75, 3.05) is 41.0 Å². The second kappa shape index (κ2) is 29.7. The molecule has 8 heteroatoms. The molecule has 0 rings (SSSR count). The molecule has 0 saturated heterocycles. The maximum absolute atomic E-state index is 12.4. The first-order chi connectivity index (χ1) is 21.6. The van der Waals surface area contributed by atoms with E-state index in [2.05, 4.69) is 6.92 Å². The molecule has 1 N–H and O–H groups in total. The van der Waals surface area contributed by atoms with Gasteiger partial charge in [-0.2, -0.15) is 0 Å². The van der Waals surface area contributed by atoms with E-state index in [0.717, 1.165) is 19.3 Å². The first-order valence-electron chi connectivity index (χ1n) is 18.6. The number of ether oxygens (including phenoxy) is 3. The van der Waals surface area contributed by atoms with Crippen LogP contribution in [0.3, 0.4) is 0 Å². The van der Waals surface area contributed by atoms with Gasteiger partial charge in [0.05, 0.1) is 34.4 Å². The highest BCUT2D eigenvalue weighted by molar-refractivity contribution is 5.72. The molecule has 0 radical (unpaired) electrons. The Kier molecular flexibility index (Phi) is 28.6. The van der Waals surface area contributed by atoms with E-state index in [1.54, 1.807) is 6.92 Å². The van der Waals surface area contributed by atoms with E-state index >= 15 is 0 Å². The Morgan fingerprint density at radius 1 is 0.600 bits per heavy atom. The number of quaternary nitrogens is 1. The number of carbonyl (C=O) groups is 3. The summed E-state index contributed by atoms with van der Waals surface area (Å²) in [4.78, 5) is 35.6. The van der Waals surface area contributed by atoms with Crippen LogP contribution in [0.25, 0.3) is 0 Å². The molecule has 0 aromatic carbocycles. The fraction of sp³-hybridized carbons (Fsp3) is 0.919. The molecule has 0 bridgehead atoms. The van der Waals surface area contributed by atoms with Gasteiger partial charge in [0.1, 0.15) is 6.61 Å². The van der Waals surface area contributed by atoms with E-state index in [0.29, 0.717) is 12.8 Å². The van der Waals surface area contributed by atoms with Crippen molar-refractivity contribution in [2.45, 2.75) is 180 Å². The maximum Gasteiger partial charge on any atom is 0.362 e. The normalized spacial score (nSPS) is 13.0. The number of carbonyl (C=O) groups excluding carboxylic acids is 2. The maximum atomic E-state index is 12.4. The van der Waals surface area contributed by atoms with Crippen LogP contribution in [0.1, 0.15) is 168 Å². The summed E-state index contributed by atoms with van der Waals surface area (Å²) in [7, 11) is 5.49. The Hall–Kier alpha value is -1.67. The average molecular weight is 643 g/mol. The number of aliphatic carboxylic acids is 1. The standard InChI is InChI=1S/C37H71NO7/c1-6-8-9-10-11-12-13-14-15-16-17-18-19-20-21-22-23-24-25-26-27-28-36(40)45-33(32-44-35(39)7-2)31-43-30-29-34(37(41)42)38(3,4)5/h33-34H,6-32H2,1-5H3/p+1. The molecule has 0 aliphatic carbocycles. The fourth-order valence-corrected chi connectivity index (χ4v) is 5.60. The number of likely N-dealkylation sites (N-methyl/N-ethyl adjacent to an activating group) is 1. The highest BCUT2D eigenvalue weighted by Crippen LogP contribution is 2.16. The van der Waals surface area contributed by atoms with Gasteiger partial charge in [0, 0.05) is 19.3 Å². The van der Waals surface area contributed by atoms with Gasteiger partial charge in [0.15, 0.2) is 12.1 Å². The summed E-state index contributed by atoms with van der Waals surface area (Å²) in [5, 5.41) is 9.47. The Morgan fingerprint density at radius 2 is 1.02 bits per heavy atom. The Labute approximate surface area is 276 Å². The summed E-state index contributed by atoms with van der Waals surface area (Å²) >= 11 is 0. The van der Waals surface area contributed by atoms with Crippen molar-refractivity contribution >= 4 is 17.9 Å². The number of unbranched alkanes of at least 4 members (excludes halogenated alkanes) is 20. The zero-order valence-electron chi connectivity index (χ0n) is 30.1. The third kappa shape index (κ3) is 28.3. The number of esters is 2. The van der Waals surface area contributed by atoms with Gasteiger partial charge in [0.25, 0.3) is 0 Å². The van der Waals surface area contributed by atoms with Crippen molar-refractivity contribution in [3.8, 4) is 0 Å². The number of hydrogen-bond acceptors (Lipinski definition) is 6. The molecule has 0 aliphatic rings. The molecule has 266 valence electrons. The summed E-state index contributed by atoms with van der Waals surface area (Å²) in [6.45, 7) is 4.20. The quantitative estimate of drug-likeness (QED) is 0.0433. The predicted molar refractivity (Wildman–Crippen MR) is 183 cm³/mol. The minimum absolute atomic E-state index is 0.0601. The van der Waals surface area contributed by atoms with Crippen LogP contribution in [0.15, 0.2) is 0 Å². The molecule has 0 amide bonds. The average Bonchev–Trinajstić information content (AvgIpc) is 2.99. The molecule has 0 spiro atoms. The summed E-state index contributed by atoms with van der Waals surface area (Å²) in [6.07, 6.45) is 27.9. The molecule has 0 aliphatic heterocycles.